The van der Waals surface area contributed by atoms with Gasteiger partial charge in [0, 0.05) is 19.6 Å². The third-order valence-corrected chi connectivity index (χ3v) is 3.61. The second-order valence-corrected chi connectivity index (χ2v) is 4.91. The zero-order valence-corrected chi connectivity index (χ0v) is 10.9. The van der Waals surface area contributed by atoms with Crippen LogP contribution in [-0.2, 0) is 17.9 Å². The fourth-order valence-corrected chi connectivity index (χ4v) is 2.43. The third-order valence-electron chi connectivity index (χ3n) is 3.61. The van der Waals surface area contributed by atoms with Gasteiger partial charge in [0.25, 0.3) is 0 Å². The smallest absolute Gasteiger partial charge is 0.244 e. The third kappa shape index (κ3) is 3.07. The normalized spacial score (nSPS) is 16.8. The van der Waals surface area contributed by atoms with Crippen LogP contribution in [0.3, 0.4) is 0 Å². The van der Waals surface area contributed by atoms with E-state index in [4.69, 9.17) is 5.73 Å². The molecule has 1 aromatic rings. The Balaban J connectivity index is 1.90. The zero-order chi connectivity index (χ0) is 13.0. The number of carbonyl (C=O) groups excluding carboxylic acids is 1. The summed E-state index contributed by atoms with van der Waals surface area (Å²) in [5.74, 6) is 0.0929. The van der Waals surface area contributed by atoms with Crippen molar-refractivity contribution in [2.75, 3.05) is 7.05 Å². The van der Waals surface area contributed by atoms with Gasteiger partial charge < -0.3 is 10.6 Å². The van der Waals surface area contributed by atoms with Crippen molar-refractivity contribution in [1.82, 2.24) is 19.9 Å². The van der Waals surface area contributed by atoms with Crippen LogP contribution in [0.1, 0.15) is 37.8 Å². The van der Waals surface area contributed by atoms with Crippen molar-refractivity contribution in [3.05, 3.63) is 11.9 Å². The Hall–Kier alpha value is -1.43. The monoisotopic (exact) mass is 251 g/mol. The molecule has 6 heteroatoms. The first-order valence-corrected chi connectivity index (χ1v) is 6.55. The molecule has 2 N–H and O–H groups in total. The Morgan fingerprint density at radius 1 is 1.50 bits per heavy atom. The SMILES string of the molecule is CN(C(=O)Cn1cc(CN)nn1)C1CCCCC1. The summed E-state index contributed by atoms with van der Waals surface area (Å²) in [4.78, 5) is 14.0. The predicted molar refractivity (Wildman–Crippen MR) is 67.6 cm³/mol. The van der Waals surface area contributed by atoms with Crippen LogP contribution in [-0.4, -0.2) is 38.9 Å². The Morgan fingerprint density at radius 3 is 2.83 bits per heavy atom. The molecule has 18 heavy (non-hydrogen) atoms. The van der Waals surface area contributed by atoms with Crippen LogP contribution in [0.25, 0.3) is 0 Å². The minimum absolute atomic E-state index is 0.0929. The lowest BCUT2D eigenvalue weighted by atomic mass is 9.94. The van der Waals surface area contributed by atoms with Gasteiger partial charge >= 0.3 is 0 Å². The van der Waals surface area contributed by atoms with Gasteiger partial charge in [0.05, 0.1) is 11.9 Å². The molecule has 1 heterocycles. The van der Waals surface area contributed by atoms with E-state index in [1.54, 1.807) is 10.9 Å². The van der Waals surface area contributed by atoms with Gasteiger partial charge in [0.15, 0.2) is 0 Å². The highest BCUT2D eigenvalue weighted by Gasteiger charge is 2.22. The lowest BCUT2D eigenvalue weighted by molar-refractivity contribution is -0.133. The van der Waals surface area contributed by atoms with Crippen molar-refractivity contribution >= 4 is 5.91 Å². The standard InChI is InChI=1S/C12H21N5O/c1-16(11-5-3-2-4-6-11)12(18)9-17-8-10(7-13)14-15-17/h8,11H,2-7,9,13H2,1H3. The van der Waals surface area contributed by atoms with Gasteiger partial charge in [-0.3, -0.25) is 4.79 Å². The van der Waals surface area contributed by atoms with Crippen molar-refractivity contribution in [1.29, 1.82) is 0 Å². The molecule has 1 amide bonds. The first kappa shape index (κ1) is 13.0. The molecule has 1 fully saturated rings. The van der Waals surface area contributed by atoms with E-state index in [1.807, 2.05) is 11.9 Å². The summed E-state index contributed by atoms with van der Waals surface area (Å²) in [5.41, 5.74) is 6.17. The number of hydrogen-bond acceptors (Lipinski definition) is 4. The van der Waals surface area contributed by atoms with E-state index in [1.165, 1.54) is 19.3 Å². The molecule has 0 unspecified atom stereocenters. The van der Waals surface area contributed by atoms with Crippen LogP contribution < -0.4 is 5.73 Å². The van der Waals surface area contributed by atoms with Gasteiger partial charge in [-0.15, -0.1) is 5.10 Å². The van der Waals surface area contributed by atoms with Gasteiger partial charge in [-0.2, -0.15) is 0 Å². The molecule has 1 aliphatic carbocycles. The second-order valence-electron chi connectivity index (χ2n) is 4.91. The lowest BCUT2D eigenvalue weighted by Gasteiger charge is -2.31. The Labute approximate surface area is 107 Å². The molecule has 1 saturated carbocycles. The van der Waals surface area contributed by atoms with Crippen LogP contribution in [0.4, 0.5) is 0 Å². The van der Waals surface area contributed by atoms with E-state index in [9.17, 15) is 4.79 Å². The van der Waals surface area contributed by atoms with Crippen molar-refractivity contribution < 1.29 is 4.79 Å². The lowest BCUT2D eigenvalue weighted by Crippen LogP contribution is -2.40. The fourth-order valence-electron chi connectivity index (χ4n) is 2.43. The van der Waals surface area contributed by atoms with E-state index in [0.29, 0.717) is 18.3 Å². The average Bonchev–Trinajstić information content (AvgIpc) is 2.86. The molecule has 0 radical (unpaired) electrons. The second kappa shape index (κ2) is 5.95. The first-order valence-electron chi connectivity index (χ1n) is 6.55. The van der Waals surface area contributed by atoms with Crippen molar-refractivity contribution in [2.45, 2.75) is 51.2 Å². The highest BCUT2D eigenvalue weighted by Crippen LogP contribution is 2.21. The summed E-state index contributed by atoms with van der Waals surface area (Å²) in [7, 11) is 1.89. The number of amides is 1. The van der Waals surface area contributed by atoms with Crippen LogP contribution in [0, 0.1) is 0 Å². The summed E-state index contributed by atoms with van der Waals surface area (Å²) < 4.78 is 1.56. The minimum atomic E-state index is 0.0929. The van der Waals surface area contributed by atoms with E-state index < -0.39 is 0 Å². The van der Waals surface area contributed by atoms with Crippen molar-refractivity contribution in [3.8, 4) is 0 Å². The number of likely N-dealkylation sites (N-methyl/N-ethyl adjacent to an activating group) is 1. The van der Waals surface area contributed by atoms with Crippen LogP contribution in [0.2, 0.25) is 0 Å². The number of nitrogens with zero attached hydrogens (tertiary/aromatic N) is 4. The maximum atomic E-state index is 12.1. The maximum Gasteiger partial charge on any atom is 0.244 e. The van der Waals surface area contributed by atoms with Crippen LogP contribution in [0.5, 0.6) is 0 Å². The molecule has 0 spiro atoms. The molecular formula is C12H21N5O. The summed E-state index contributed by atoms with van der Waals surface area (Å²) in [6, 6.07) is 0.392. The fraction of sp³-hybridized carbons (Fsp3) is 0.750. The highest BCUT2D eigenvalue weighted by atomic mass is 16.2. The predicted octanol–water partition coefficient (Wildman–Crippen LogP) is 0.528. The Bertz CT molecular complexity index is 397. The molecule has 0 aliphatic heterocycles. The average molecular weight is 251 g/mol. The number of hydrogen-bond donors (Lipinski definition) is 1. The molecule has 0 atom stereocenters. The molecule has 1 aromatic heterocycles. The van der Waals surface area contributed by atoms with E-state index in [-0.39, 0.29) is 12.5 Å². The summed E-state index contributed by atoms with van der Waals surface area (Å²) in [5, 5.41) is 7.77. The van der Waals surface area contributed by atoms with E-state index in [2.05, 4.69) is 10.3 Å². The summed E-state index contributed by atoms with van der Waals surface area (Å²) in [6.45, 7) is 0.604. The van der Waals surface area contributed by atoms with Crippen molar-refractivity contribution in [3.63, 3.8) is 0 Å². The molecule has 0 saturated heterocycles. The number of nitrogens with two attached hydrogens (primary N) is 1. The van der Waals surface area contributed by atoms with Gasteiger partial charge in [-0.25, -0.2) is 4.68 Å². The molecule has 1 aliphatic rings. The van der Waals surface area contributed by atoms with Gasteiger partial charge in [0.1, 0.15) is 6.54 Å². The quantitative estimate of drug-likeness (QED) is 0.846. The molecule has 2 rings (SSSR count). The molecule has 0 aromatic carbocycles. The first-order chi connectivity index (χ1) is 8.70. The van der Waals surface area contributed by atoms with Gasteiger partial charge in [0.2, 0.25) is 5.91 Å². The molecule has 0 bridgehead atoms. The maximum absolute atomic E-state index is 12.1. The number of rotatable bonds is 4. The molecule has 100 valence electrons. The van der Waals surface area contributed by atoms with Gasteiger partial charge in [-0.1, -0.05) is 24.5 Å². The largest absolute Gasteiger partial charge is 0.341 e. The molecule has 6 nitrogen and oxygen atoms in total. The zero-order valence-electron chi connectivity index (χ0n) is 10.9. The van der Waals surface area contributed by atoms with Crippen molar-refractivity contribution in [2.24, 2.45) is 5.73 Å². The van der Waals surface area contributed by atoms with Crippen LogP contribution >= 0.6 is 0 Å². The number of carbonyl (C=O) groups is 1. The van der Waals surface area contributed by atoms with E-state index in [0.717, 1.165) is 12.8 Å². The summed E-state index contributed by atoms with van der Waals surface area (Å²) in [6.07, 6.45) is 7.71. The van der Waals surface area contributed by atoms with Gasteiger partial charge in [-0.05, 0) is 12.8 Å². The Morgan fingerprint density at radius 2 is 2.22 bits per heavy atom. The van der Waals surface area contributed by atoms with E-state index >= 15 is 0 Å². The van der Waals surface area contributed by atoms with Crippen LogP contribution in [0.15, 0.2) is 6.20 Å². The molecular weight excluding hydrogens is 230 g/mol. The number of aromatic nitrogens is 3. The Kier molecular flexibility index (Phi) is 4.30. The minimum Gasteiger partial charge on any atom is -0.341 e. The highest BCUT2D eigenvalue weighted by molar-refractivity contribution is 5.75. The summed E-state index contributed by atoms with van der Waals surface area (Å²) >= 11 is 0. The topological polar surface area (TPSA) is 77.0 Å².